The van der Waals surface area contributed by atoms with E-state index in [4.69, 9.17) is 4.74 Å². The van der Waals surface area contributed by atoms with Crippen molar-refractivity contribution in [1.29, 1.82) is 0 Å². The summed E-state index contributed by atoms with van der Waals surface area (Å²) in [6.45, 7) is 9.24. The minimum atomic E-state index is -0.474. The van der Waals surface area contributed by atoms with E-state index in [0.29, 0.717) is 6.04 Å². The highest BCUT2D eigenvalue weighted by Crippen LogP contribution is 2.32. The van der Waals surface area contributed by atoms with Gasteiger partial charge in [-0.25, -0.2) is 4.79 Å². The standard InChI is InChI=1S/C15H28N2O3/c1-10(18)11-7-12(9-17(8-11)13-5-6-13)16-14(19)20-15(2,3)4/h10-13,18H,5-9H2,1-4H3,(H,16,19). The Kier molecular flexibility index (Phi) is 4.59. The molecule has 0 aromatic rings. The molecule has 0 bridgehead atoms. The van der Waals surface area contributed by atoms with E-state index in [2.05, 4.69) is 10.2 Å². The number of nitrogens with zero attached hydrogens (tertiary/aromatic N) is 1. The number of carbonyl (C=O) groups is 1. The van der Waals surface area contributed by atoms with Crippen LogP contribution in [0.5, 0.6) is 0 Å². The molecule has 116 valence electrons. The fraction of sp³-hybridized carbons (Fsp3) is 0.933. The van der Waals surface area contributed by atoms with Crippen molar-refractivity contribution in [3.8, 4) is 0 Å². The summed E-state index contributed by atoms with van der Waals surface area (Å²) in [7, 11) is 0. The van der Waals surface area contributed by atoms with Crippen molar-refractivity contribution >= 4 is 6.09 Å². The van der Waals surface area contributed by atoms with E-state index in [-0.39, 0.29) is 24.2 Å². The van der Waals surface area contributed by atoms with Gasteiger partial charge in [0.05, 0.1) is 6.10 Å². The van der Waals surface area contributed by atoms with E-state index in [9.17, 15) is 9.90 Å². The lowest BCUT2D eigenvalue weighted by molar-refractivity contribution is 0.0282. The Morgan fingerprint density at radius 3 is 2.50 bits per heavy atom. The number of likely N-dealkylation sites (tertiary alicyclic amines) is 1. The smallest absolute Gasteiger partial charge is 0.407 e. The second-order valence-corrected chi connectivity index (χ2v) is 7.26. The molecule has 0 aromatic carbocycles. The predicted molar refractivity (Wildman–Crippen MR) is 77.5 cm³/mol. The molecule has 2 fully saturated rings. The maximum atomic E-state index is 11.9. The monoisotopic (exact) mass is 284 g/mol. The van der Waals surface area contributed by atoms with Crippen molar-refractivity contribution in [1.82, 2.24) is 10.2 Å². The molecular weight excluding hydrogens is 256 g/mol. The first-order valence-electron chi connectivity index (χ1n) is 7.66. The van der Waals surface area contributed by atoms with Crippen molar-refractivity contribution in [3.63, 3.8) is 0 Å². The molecule has 0 aromatic heterocycles. The third-order valence-corrected chi connectivity index (χ3v) is 3.98. The Balaban J connectivity index is 1.90. The summed E-state index contributed by atoms with van der Waals surface area (Å²) in [4.78, 5) is 14.3. The van der Waals surface area contributed by atoms with E-state index in [1.54, 1.807) is 0 Å². The quantitative estimate of drug-likeness (QED) is 0.829. The van der Waals surface area contributed by atoms with Crippen LogP contribution in [0.3, 0.4) is 0 Å². The number of aliphatic hydroxyl groups excluding tert-OH is 1. The summed E-state index contributed by atoms with van der Waals surface area (Å²) in [5.41, 5.74) is -0.474. The van der Waals surface area contributed by atoms with Crippen molar-refractivity contribution in [3.05, 3.63) is 0 Å². The number of aliphatic hydroxyl groups is 1. The Labute approximate surface area is 121 Å². The molecule has 1 heterocycles. The molecule has 0 radical (unpaired) electrons. The number of amides is 1. The molecule has 1 saturated heterocycles. The lowest BCUT2D eigenvalue weighted by Gasteiger charge is -2.39. The van der Waals surface area contributed by atoms with Crippen LogP contribution in [-0.4, -0.2) is 53.0 Å². The normalized spacial score (nSPS) is 29.9. The van der Waals surface area contributed by atoms with E-state index in [0.717, 1.165) is 19.5 Å². The van der Waals surface area contributed by atoms with Crippen LogP contribution in [0.1, 0.15) is 47.0 Å². The zero-order valence-electron chi connectivity index (χ0n) is 13.1. The molecule has 20 heavy (non-hydrogen) atoms. The van der Waals surface area contributed by atoms with Crippen LogP contribution in [0.15, 0.2) is 0 Å². The summed E-state index contributed by atoms with van der Waals surface area (Å²) >= 11 is 0. The van der Waals surface area contributed by atoms with E-state index in [1.807, 2.05) is 27.7 Å². The number of nitrogens with one attached hydrogen (secondary N) is 1. The zero-order valence-corrected chi connectivity index (χ0v) is 13.1. The van der Waals surface area contributed by atoms with Crippen molar-refractivity contribution in [2.24, 2.45) is 5.92 Å². The van der Waals surface area contributed by atoms with E-state index in [1.165, 1.54) is 12.8 Å². The van der Waals surface area contributed by atoms with Gasteiger partial charge in [0.25, 0.3) is 0 Å². The summed E-state index contributed by atoms with van der Waals surface area (Å²) < 4.78 is 5.32. The number of piperidine rings is 1. The number of hydrogen-bond donors (Lipinski definition) is 2. The van der Waals surface area contributed by atoms with Crippen molar-refractivity contribution in [2.75, 3.05) is 13.1 Å². The minimum Gasteiger partial charge on any atom is -0.444 e. The highest BCUT2D eigenvalue weighted by atomic mass is 16.6. The summed E-state index contributed by atoms with van der Waals surface area (Å²) in [6.07, 6.45) is 2.61. The van der Waals surface area contributed by atoms with Gasteiger partial charge < -0.3 is 15.2 Å². The van der Waals surface area contributed by atoms with Crippen LogP contribution in [0, 0.1) is 5.92 Å². The number of ether oxygens (including phenoxy) is 1. The maximum Gasteiger partial charge on any atom is 0.407 e. The third kappa shape index (κ3) is 4.63. The van der Waals surface area contributed by atoms with Gasteiger partial charge in [-0.2, -0.15) is 0 Å². The van der Waals surface area contributed by atoms with Gasteiger partial charge in [-0.1, -0.05) is 0 Å². The highest BCUT2D eigenvalue weighted by Gasteiger charge is 2.38. The molecule has 3 unspecified atom stereocenters. The second kappa shape index (κ2) is 5.90. The first kappa shape index (κ1) is 15.6. The fourth-order valence-corrected chi connectivity index (χ4v) is 2.84. The maximum absolute atomic E-state index is 11.9. The number of carbonyl (C=O) groups excluding carboxylic acids is 1. The van der Waals surface area contributed by atoms with Gasteiger partial charge in [0.2, 0.25) is 0 Å². The van der Waals surface area contributed by atoms with E-state index < -0.39 is 5.60 Å². The molecule has 1 aliphatic carbocycles. The van der Waals surface area contributed by atoms with Gasteiger partial charge in [-0.15, -0.1) is 0 Å². The topological polar surface area (TPSA) is 61.8 Å². The molecule has 2 N–H and O–H groups in total. The van der Waals surface area contributed by atoms with Gasteiger partial charge in [0, 0.05) is 25.2 Å². The summed E-state index contributed by atoms with van der Waals surface area (Å²) in [5.74, 6) is 0.226. The lowest BCUT2D eigenvalue weighted by Crippen LogP contribution is -2.53. The van der Waals surface area contributed by atoms with Crippen molar-refractivity contribution in [2.45, 2.75) is 70.7 Å². The summed E-state index contributed by atoms with van der Waals surface area (Å²) in [6, 6.07) is 0.721. The van der Waals surface area contributed by atoms with Gasteiger partial charge in [0.15, 0.2) is 0 Å². The molecule has 2 rings (SSSR count). The first-order chi connectivity index (χ1) is 9.24. The molecule has 0 spiro atoms. The molecule has 1 amide bonds. The van der Waals surface area contributed by atoms with Crippen LogP contribution in [0.2, 0.25) is 0 Å². The van der Waals surface area contributed by atoms with Crippen LogP contribution in [0.4, 0.5) is 4.79 Å². The average Bonchev–Trinajstić information content (AvgIpc) is 3.09. The highest BCUT2D eigenvalue weighted by molar-refractivity contribution is 5.68. The summed E-state index contributed by atoms with van der Waals surface area (Å²) in [5, 5.41) is 12.8. The second-order valence-electron chi connectivity index (χ2n) is 7.26. The van der Waals surface area contributed by atoms with Crippen LogP contribution < -0.4 is 5.32 Å². The van der Waals surface area contributed by atoms with Crippen LogP contribution in [0.25, 0.3) is 0 Å². The fourth-order valence-electron chi connectivity index (χ4n) is 2.84. The van der Waals surface area contributed by atoms with Gasteiger partial charge in [-0.3, -0.25) is 4.90 Å². The molecule has 1 aliphatic heterocycles. The number of alkyl carbamates (subject to hydrolysis) is 1. The average molecular weight is 284 g/mol. The Hall–Kier alpha value is -0.810. The predicted octanol–water partition coefficient (Wildman–Crippen LogP) is 1.74. The molecular formula is C15H28N2O3. The number of hydrogen-bond acceptors (Lipinski definition) is 4. The van der Waals surface area contributed by atoms with Crippen LogP contribution in [-0.2, 0) is 4.74 Å². The minimum absolute atomic E-state index is 0.0683. The largest absolute Gasteiger partial charge is 0.444 e. The molecule has 3 atom stereocenters. The lowest BCUT2D eigenvalue weighted by atomic mass is 9.90. The zero-order chi connectivity index (χ0) is 14.9. The van der Waals surface area contributed by atoms with Gasteiger partial charge in [-0.05, 0) is 52.9 Å². The van der Waals surface area contributed by atoms with Crippen LogP contribution >= 0.6 is 0 Å². The van der Waals surface area contributed by atoms with Crippen molar-refractivity contribution < 1.29 is 14.6 Å². The molecule has 1 saturated carbocycles. The Bertz CT molecular complexity index is 338. The third-order valence-electron chi connectivity index (χ3n) is 3.98. The first-order valence-corrected chi connectivity index (χ1v) is 7.66. The van der Waals surface area contributed by atoms with Gasteiger partial charge >= 0.3 is 6.09 Å². The SMILES string of the molecule is CC(O)C1CC(NC(=O)OC(C)(C)C)CN(C2CC2)C1. The molecule has 5 nitrogen and oxygen atoms in total. The molecule has 2 aliphatic rings. The Morgan fingerprint density at radius 2 is 2.00 bits per heavy atom. The number of rotatable bonds is 3. The molecule has 5 heteroatoms. The Morgan fingerprint density at radius 1 is 1.35 bits per heavy atom. The van der Waals surface area contributed by atoms with E-state index >= 15 is 0 Å². The van der Waals surface area contributed by atoms with Gasteiger partial charge in [0.1, 0.15) is 5.60 Å².